The number of carboxylic acid groups (broad SMARTS) is 1. The van der Waals surface area contributed by atoms with E-state index in [0.717, 1.165) is 0 Å². The maximum Gasteiger partial charge on any atom is 0.308 e. The molecule has 4 nitrogen and oxygen atoms in total. The smallest absolute Gasteiger partial charge is 0.308 e. The molecule has 0 aliphatic heterocycles. The lowest BCUT2D eigenvalue weighted by molar-refractivity contribution is -0.141. The van der Waals surface area contributed by atoms with E-state index in [-0.39, 0.29) is 12.5 Å². The van der Waals surface area contributed by atoms with Gasteiger partial charge in [-0.25, -0.2) is 0 Å². The molecule has 82 valence electrons. The standard InChI is InChI=1S/C10H13NO3S/c1-7(10(13)14)6-11(2)9(12)8-4-3-5-15-8/h3-5,7H,6H2,1-2H3,(H,13,14). The molecular formula is C10H13NO3S. The number of carboxylic acids is 1. The lowest BCUT2D eigenvalue weighted by Crippen LogP contribution is -2.33. The Morgan fingerprint density at radius 3 is 2.73 bits per heavy atom. The molecule has 1 heterocycles. The van der Waals surface area contributed by atoms with Gasteiger partial charge >= 0.3 is 5.97 Å². The number of thiophene rings is 1. The second-order valence-corrected chi connectivity index (χ2v) is 4.35. The fourth-order valence-electron chi connectivity index (χ4n) is 1.16. The minimum atomic E-state index is -0.888. The van der Waals surface area contributed by atoms with Crippen molar-refractivity contribution in [1.29, 1.82) is 0 Å². The van der Waals surface area contributed by atoms with Gasteiger partial charge in [-0.3, -0.25) is 9.59 Å². The van der Waals surface area contributed by atoms with Crippen molar-refractivity contribution in [3.63, 3.8) is 0 Å². The topological polar surface area (TPSA) is 57.6 Å². The first kappa shape index (κ1) is 11.7. The molecule has 0 aliphatic carbocycles. The van der Waals surface area contributed by atoms with Crippen molar-refractivity contribution >= 4 is 23.2 Å². The Balaban J connectivity index is 2.58. The summed E-state index contributed by atoms with van der Waals surface area (Å²) in [6, 6.07) is 3.53. The largest absolute Gasteiger partial charge is 0.481 e. The molecule has 5 heteroatoms. The summed E-state index contributed by atoms with van der Waals surface area (Å²) in [6.07, 6.45) is 0. The van der Waals surface area contributed by atoms with Gasteiger partial charge in [0.25, 0.3) is 5.91 Å². The first-order valence-corrected chi connectivity index (χ1v) is 5.42. The average molecular weight is 227 g/mol. The maximum absolute atomic E-state index is 11.7. The Hall–Kier alpha value is -1.36. The van der Waals surface area contributed by atoms with E-state index in [1.807, 2.05) is 5.38 Å². The Morgan fingerprint density at radius 1 is 1.60 bits per heavy atom. The highest BCUT2D eigenvalue weighted by atomic mass is 32.1. The predicted molar refractivity (Wildman–Crippen MR) is 58.1 cm³/mol. The van der Waals surface area contributed by atoms with Crippen LogP contribution in [0.2, 0.25) is 0 Å². The fraction of sp³-hybridized carbons (Fsp3) is 0.400. The zero-order chi connectivity index (χ0) is 11.4. The second kappa shape index (κ2) is 4.93. The van der Waals surface area contributed by atoms with Gasteiger partial charge in [-0.15, -0.1) is 11.3 Å². The van der Waals surface area contributed by atoms with Crippen molar-refractivity contribution < 1.29 is 14.7 Å². The molecule has 0 saturated carbocycles. The third-order valence-electron chi connectivity index (χ3n) is 2.05. The van der Waals surface area contributed by atoms with Crippen LogP contribution in [0.15, 0.2) is 17.5 Å². The summed E-state index contributed by atoms with van der Waals surface area (Å²) in [6.45, 7) is 1.81. The molecule has 0 radical (unpaired) electrons. The number of nitrogens with zero attached hydrogens (tertiary/aromatic N) is 1. The molecule has 0 aliphatic rings. The quantitative estimate of drug-likeness (QED) is 0.848. The summed E-state index contributed by atoms with van der Waals surface area (Å²) in [5.41, 5.74) is 0. The van der Waals surface area contributed by atoms with E-state index in [1.54, 1.807) is 26.1 Å². The number of aliphatic carboxylic acids is 1. The summed E-state index contributed by atoms with van der Waals surface area (Å²) in [7, 11) is 1.61. The van der Waals surface area contributed by atoms with Crippen LogP contribution in [0.25, 0.3) is 0 Å². The van der Waals surface area contributed by atoms with Crippen molar-refractivity contribution in [3.8, 4) is 0 Å². The lowest BCUT2D eigenvalue weighted by Gasteiger charge is -2.18. The minimum Gasteiger partial charge on any atom is -0.481 e. The van der Waals surface area contributed by atoms with Gasteiger partial charge in [0.1, 0.15) is 0 Å². The number of rotatable bonds is 4. The molecule has 1 unspecified atom stereocenters. The van der Waals surface area contributed by atoms with Gasteiger partial charge in [-0.2, -0.15) is 0 Å². The molecule has 1 aromatic heterocycles. The number of amides is 1. The minimum absolute atomic E-state index is 0.127. The molecule has 1 atom stereocenters. The van der Waals surface area contributed by atoms with Crippen LogP contribution in [0.4, 0.5) is 0 Å². The molecule has 0 fully saturated rings. The summed E-state index contributed by atoms with van der Waals surface area (Å²) in [5, 5.41) is 10.5. The number of carbonyl (C=O) groups excluding carboxylic acids is 1. The van der Waals surface area contributed by atoms with Crippen LogP contribution in [0, 0.1) is 5.92 Å². The first-order chi connectivity index (χ1) is 7.02. The molecular weight excluding hydrogens is 214 g/mol. The molecule has 1 N–H and O–H groups in total. The van der Waals surface area contributed by atoms with Gasteiger partial charge in [0, 0.05) is 13.6 Å². The highest BCUT2D eigenvalue weighted by molar-refractivity contribution is 7.12. The van der Waals surface area contributed by atoms with Crippen molar-refractivity contribution in [2.24, 2.45) is 5.92 Å². The van der Waals surface area contributed by atoms with E-state index in [1.165, 1.54) is 16.2 Å². The Bertz CT molecular complexity index is 348. The van der Waals surface area contributed by atoms with E-state index >= 15 is 0 Å². The summed E-state index contributed by atoms with van der Waals surface area (Å²) in [5.74, 6) is -1.56. The molecule has 1 rings (SSSR count). The van der Waals surface area contributed by atoms with Gasteiger partial charge in [-0.1, -0.05) is 13.0 Å². The van der Waals surface area contributed by atoms with Crippen LogP contribution in [0.5, 0.6) is 0 Å². The van der Waals surface area contributed by atoms with Crippen LogP contribution in [0.3, 0.4) is 0 Å². The van der Waals surface area contributed by atoms with Crippen molar-refractivity contribution in [2.75, 3.05) is 13.6 Å². The van der Waals surface area contributed by atoms with E-state index in [2.05, 4.69) is 0 Å². The average Bonchev–Trinajstić information content (AvgIpc) is 2.68. The SMILES string of the molecule is CC(CN(C)C(=O)c1cccs1)C(=O)O. The van der Waals surface area contributed by atoms with Crippen molar-refractivity contribution in [2.45, 2.75) is 6.92 Å². The Morgan fingerprint density at radius 2 is 2.27 bits per heavy atom. The monoisotopic (exact) mass is 227 g/mol. The van der Waals surface area contributed by atoms with Gasteiger partial charge in [-0.05, 0) is 11.4 Å². The highest BCUT2D eigenvalue weighted by Gasteiger charge is 2.18. The van der Waals surface area contributed by atoms with Crippen LogP contribution in [-0.4, -0.2) is 35.5 Å². The van der Waals surface area contributed by atoms with Crippen molar-refractivity contribution in [1.82, 2.24) is 4.90 Å². The molecule has 0 bridgehead atoms. The normalized spacial score (nSPS) is 12.1. The third kappa shape index (κ3) is 3.06. The fourth-order valence-corrected chi connectivity index (χ4v) is 1.88. The summed E-state index contributed by atoms with van der Waals surface area (Å²) >= 11 is 1.36. The number of hydrogen-bond donors (Lipinski definition) is 1. The first-order valence-electron chi connectivity index (χ1n) is 4.54. The van der Waals surface area contributed by atoms with E-state index in [4.69, 9.17) is 5.11 Å². The van der Waals surface area contributed by atoms with Gasteiger partial charge in [0.05, 0.1) is 10.8 Å². The van der Waals surface area contributed by atoms with Gasteiger partial charge in [0.15, 0.2) is 0 Å². The second-order valence-electron chi connectivity index (χ2n) is 3.40. The third-order valence-corrected chi connectivity index (χ3v) is 2.91. The van der Waals surface area contributed by atoms with Crippen LogP contribution in [0.1, 0.15) is 16.6 Å². The Labute approximate surface area is 92.1 Å². The Kier molecular flexibility index (Phi) is 3.85. The summed E-state index contributed by atoms with van der Waals surface area (Å²) in [4.78, 5) is 24.4. The zero-order valence-electron chi connectivity index (χ0n) is 8.64. The predicted octanol–water partition coefficient (Wildman–Crippen LogP) is 1.54. The van der Waals surface area contributed by atoms with Crippen LogP contribution < -0.4 is 0 Å². The maximum atomic E-state index is 11.7. The van der Waals surface area contributed by atoms with Crippen molar-refractivity contribution in [3.05, 3.63) is 22.4 Å². The summed E-state index contributed by atoms with van der Waals surface area (Å²) < 4.78 is 0. The molecule has 1 aromatic rings. The molecule has 0 spiro atoms. The molecule has 0 aromatic carbocycles. The van der Waals surface area contributed by atoms with Gasteiger partial charge in [0.2, 0.25) is 0 Å². The lowest BCUT2D eigenvalue weighted by atomic mass is 10.2. The molecule has 1 amide bonds. The highest BCUT2D eigenvalue weighted by Crippen LogP contribution is 2.12. The number of carbonyl (C=O) groups is 2. The zero-order valence-corrected chi connectivity index (χ0v) is 9.45. The number of hydrogen-bond acceptors (Lipinski definition) is 3. The van der Waals surface area contributed by atoms with E-state index in [9.17, 15) is 9.59 Å². The van der Waals surface area contributed by atoms with Crippen LogP contribution >= 0.6 is 11.3 Å². The van der Waals surface area contributed by atoms with E-state index < -0.39 is 11.9 Å². The molecule has 15 heavy (non-hydrogen) atoms. The van der Waals surface area contributed by atoms with Gasteiger partial charge < -0.3 is 10.0 Å². The van der Waals surface area contributed by atoms with Crippen LogP contribution in [-0.2, 0) is 4.79 Å². The molecule has 0 saturated heterocycles. The van der Waals surface area contributed by atoms with E-state index in [0.29, 0.717) is 4.88 Å².